The predicted octanol–water partition coefficient (Wildman–Crippen LogP) is 4.60. The van der Waals surface area contributed by atoms with Gasteiger partial charge < -0.3 is 10.6 Å². The molecule has 3 rings (SSSR count). The van der Waals surface area contributed by atoms with Crippen LogP contribution in [0.25, 0.3) is 0 Å². The summed E-state index contributed by atoms with van der Waals surface area (Å²) in [6.07, 6.45) is 0.535. The van der Waals surface area contributed by atoms with Gasteiger partial charge >= 0.3 is 0 Å². The van der Waals surface area contributed by atoms with Crippen LogP contribution in [0.4, 0.5) is 5.69 Å². The molecule has 2 aromatic rings. The highest BCUT2D eigenvalue weighted by Gasteiger charge is 2.17. The number of hydrogen-bond acceptors (Lipinski definition) is 4. The van der Waals surface area contributed by atoms with E-state index in [1.54, 1.807) is 11.8 Å². The lowest BCUT2D eigenvalue weighted by atomic mass is 10.1. The van der Waals surface area contributed by atoms with E-state index in [1.165, 1.54) is 9.79 Å². The number of benzene rings is 2. The van der Waals surface area contributed by atoms with Crippen molar-refractivity contribution >= 4 is 47.5 Å². The van der Waals surface area contributed by atoms with Gasteiger partial charge in [-0.15, -0.1) is 12.4 Å². The number of anilines is 1. The van der Waals surface area contributed by atoms with Gasteiger partial charge in [-0.2, -0.15) is 11.8 Å². The van der Waals surface area contributed by atoms with Gasteiger partial charge in [0.2, 0.25) is 5.91 Å². The normalized spacial score (nSPS) is 16.8. The highest BCUT2D eigenvalue weighted by molar-refractivity contribution is 7.99. The van der Waals surface area contributed by atoms with E-state index in [2.05, 4.69) is 34.9 Å². The van der Waals surface area contributed by atoms with Gasteiger partial charge in [0.05, 0.1) is 0 Å². The summed E-state index contributed by atoms with van der Waals surface area (Å²) in [5.41, 5.74) is 2.00. The van der Waals surface area contributed by atoms with Crippen LogP contribution >= 0.6 is 35.9 Å². The Hall–Kier alpha value is -1.14. The SMILES string of the molecule is Cc1cc(Sc2ccccc2)ccc1NC(=O)CC1CSCCN1.Cl. The van der Waals surface area contributed by atoms with Crippen LogP contribution in [0.2, 0.25) is 0 Å². The summed E-state index contributed by atoms with van der Waals surface area (Å²) >= 11 is 3.64. The molecule has 1 amide bonds. The molecule has 1 saturated heterocycles. The van der Waals surface area contributed by atoms with Crippen LogP contribution < -0.4 is 10.6 Å². The third-order valence-corrected chi connectivity index (χ3v) is 6.01. The van der Waals surface area contributed by atoms with Gasteiger partial charge in [-0.25, -0.2) is 0 Å². The summed E-state index contributed by atoms with van der Waals surface area (Å²) < 4.78 is 0. The summed E-state index contributed by atoms with van der Waals surface area (Å²) in [6, 6.07) is 16.8. The van der Waals surface area contributed by atoms with Crippen LogP contribution in [-0.2, 0) is 4.79 Å². The number of amides is 1. The smallest absolute Gasteiger partial charge is 0.225 e. The summed E-state index contributed by atoms with van der Waals surface area (Å²) in [7, 11) is 0. The quantitative estimate of drug-likeness (QED) is 0.777. The molecular formula is C19H23ClN2OS2. The molecule has 1 heterocycles. The van der Waals surface area contributed by atoms with Gasteiger partial charge in [-0.3, -0.25) is 4.79 Å². The second-order valence-corrected chi connectivity index (χ2v) is 8.17. The van der Waals surface area contributed by atoms with Crippen molar-refractivity contribution in [2.45, 2.75) is 29.2 Å². The average Bonchev–Trinajstić information content (AvgIpc) is 2.59. The van der Waals surface area contributed by atoms with Gasteiger partial charge in [0.1, 0.15) is 0 Å². The van der Waals surface area contributed by atoms with E-state index in [-0.39, 0.29) is 24.4 Å². The highest BCUT2D eigenvalue weighted by atomic mass is 35.5. The van der Waals surface area contributed by atoms with Gasteiger partial charge in [-0.1, -0.05) is 30.0 Å². The van der Waals surface area contributed by atoms with Gasteiger partial charge in [-0.05, 0) is 42.8 Å². The van der Waals surface area contributed by atoms with Crippen LogP contribution in [0, 0.1) is 6.92 Å². The van der Waals surface area contributed by atoms with Crippen LogP contribution in [0.3, 0.4) is 0 Å². The van der Waals surface area contributed by atoms with E-state index >= 15 is 0 Å². The first-order chi connectivity index (χ1) is 11.7. The van der Waals surface area contributed by atoms with Crippen LogP contribution in [0.5, 0.6) is 0 Å². The maximum Gasteiger partial charge on any atom is 0.225 e. The maximum absolute atomic E-state index is 12.2. The number of halogens is 1. The summed E-state index contributed by atoms with van der Waals surface area (Å²) in [5, 5.41) is 6.45. The Labute approximate surface area is 164 Å². The zero-order valence-corrected chi connectivity index (χ0v) is 16.6. The fraction of sp³-hybridized carbons (Fsp3) is 0.316. The van der Waals surface area contributed by atoms with Crippen molar-refractivity contribution in [2.75, 3.05) is 23.4 Å². The number of carbonyl (C=O) groups is 1. The topological polar surface area (TPSA) is 41.1 Å². The molecule has 1 aliphatic rings. The van der Waals surface area contributed by atoms with Crippen LogP contribution in [-0.4, -0.2) is 30.0 Å². The third-order valence-electron chi connectivity index (χ3n) is 3.88. The Bertz CT molecular complexity index is 691. The number of rotatable bonds is 5. The zero-order chi connectivity index (χ0) is 16.8. The monoisotopic (exact) mass is 394 g/mol. The Morgan fingerprint density at radius 3 is 2.72 bits per heavy atom. The van der Waals surface area contributed by atoms with Gasteiger partial charge in [0, 0.05) is 46.0 Å². The van der Waals surface area contributed by atoms with Crippen molar-refractivity contribution < 1.29 is 4.79 Å². The standard InChI is InChI=1S/C19H22N2OS2.ClH/c1-14-11-17(24-16-5-3-2-4-6-16)7-8-18(14)21-19(22)12-15-13-23-10-9-20-15;/h2-8,11,15,20H,9-10,12-13H2,1H3,(H,21,22);1H. The molecule has 1 fully saturated rings. The van der Waals surface area contributed by atoms with Crippen LogP contribution in [0.15, 0.2) is 58.3 Å². The first-order valence-corrected chi connectivity index (χ1v) is 10.1. The first-order valence-electron chi connectivity index (χ1n) is 8.15. The van der Waals surface area contributed by atoms with E-state index in [4.69, 9.17) is 0 Å². The van der Waals surface area contributed by atoms with Gasteiger partial charge in [0.15, 0.2) is 0 Å². The second kappa shape index (κ2) is 10.1. The Morgan fingerprint density at radius 2 is 2.04 bits per heavy atom. The molecule has 0 aromatic heterocycles. The van der Waals surface area contributed by atoms with E-state index in [0.717, 1.165) is 29.3 Å². The fourth-order valence-electron chi connectivity index (χ4n) is 2.64. The molecule has 1 atom stereocenters. The maximum atomic E-state index is 12.2. The minimum Gasteiger partial charge on any atom is -0.326 e. The molecule has 0 spiro atoms. The number of carbonyl (C=O) groups excluding carboxylic acids is 1. The van der Waals surface area contributed by atoms with Crippen LogP contribution in [0.1, 0.15) is 12.0 Å². The van der Waals surface area contributed by atoms with E-state index in [9.17, 15) is 4.79 Å². The Kier molecular flexibility index (Phi) is 8.16. The molecule has 3 nitrogen and oxygen atoms in total. The fourth-order valence-corrected chi connectivity index (χ4v) is 4.53. The molecule has 0 bridgehead atoms. The highest BCUT2D eigenvalue weighted by Crippen LogP contribution is 2.30. The molecule has 25 heavy (non-hydrogen) atoms. The number of aryl methyl sites for hydroxylation is 1. The Balaban J connectivity index is 0.00000225. The largest absolute Gasteiger partial charge is 0.326 e. The molecule has 0 radical (unpaired) electrons. The minimum absolute atomic E-state index is 0. The molecule has 1 unspecified atom stereocenters. The molecule has 0 saturated carbocycles. The number of thioether (sulfide) groups is 1. The van der Waals surface area contributed by atoms with Crippen molar-refractivity contribution in [1.82, 2.24) is 5.32 Å². The molecule has 2 N–H and O–H groups in total. The lowest BCUT2D eigenvalue weighted by molar-refractivity contribution is -0.116. The molecule has 2 aromatic carbocycles. The molecule has 134 valence electrons. The first kappa shape index (κ1) is 20.2. The third kappa shape index (κ3) is 6.26. The Morgan fingerprint density at radius 1 is 1.24 bits per heavy atom. The van der Waals surface area contributed by atoms with Gasteiger partial charge in [0.25, 0.3) is 0 Å². The van der Waals surface area contributed by atoms with E-state index in [1.807, 2.05) is 43.0 Å². The predicted molar refractivity (Wildman–Crippen MR) is 111 cm³/mol. The minimum atomic E-state index is 0. The van der Waals surface area contributed by atoms with E-state index in [0.29, 0.717) is 6.42 Å². The lowest BCUT2D eigenvalue weighted by Crippen LogP contribution is -2.39. The second-order valence-electron chi connectivity index (χ2n) is 5.87. The lowest BCUT2D eigenvalue weighted by Gasteiger charge is -2.22. The van der Waals surface area contributed by atoms with Crippen molar-refractivity contribution in [1.29, 1.82) is 0 Å². The number of nitrogens with one attached hydrogen (secondary N) is 2. The zero-order valence-electron chi connectivity index (χ0n) is 14.2. The molecule has 0 aliphatic carbocycles. The number of hydrogen-bond donors (Lipinski definition) is 2. The average molecular weight is 395 g/mol. The summed E-state index contributed by atoms with van der Waals surface area (Å²) in [5.74, 6) is 2.23. The molecular weight excluding hydrogens is 372 g/mol. The molecule has 1 aliphatic heterocycles. The van der Waals surface area contributed by atoms with E-state index < -0.39 is 0 Å². The summed E-state index contributed by atoms with van der Waals surface area (Å²) in [6.45, 7) is 3.03. The molecule has 6 heteroatoms. The van der Waals surface area contributed by atoms with Crippen molar-refractivity contribution in [3.63, 3.8) is 0 Å². The van der Waals surface area contributed by atoms with Crippen molar-refractivity contribution in [2.24, 2.45) is 0 Å². The summed E-state index contributed by atoms with van der Waals surface area (Å²) in [4.78, 5) is 14.6. The van der Waals surface area contributed by atoms with Crippen molar-refractivity contribution in [3.05, 3.63) is 54.1 Å². The van der Waals surface area contributed by atoms with Crippen molar-refractivity contribution in [3.8, 4) is 0 Å².